The van der Waals surface area contributed by atoms with Gasteiger partial charge in [-0.05, 0) is 44.5 Å². The molecule has 0 saturated heterocycles. The molecule has 0 spiro atoms. The third kappa shape index (κ3) is 8.55. The molecule has 0 bridgehead atoms. The van der Waals surface area contributed by atoms with Crippen molar-refractivity contribution in [3.63, 3.8) is 0 Å². The molecule has 6 heteroatoms. The minimum atomic E-state index is -0.773. The molecular formula is C29H33FN2O2S. The van der Waals surface area contributed by atoms with E-state index in [2.05, 4.69) is 5.32 Å². The second kappa shape index (κ2) is 12.5. The average Bonchev–Trinajstić information content (AvgIpc) is 2.82. The maximum Gasteiger partial charge on any atom is 0.243 e. The quantitative estimate of drug-likeness (QED) is 0.361. The summed E-state index contributed by atoms with van der Waals surface area (Å²) in [5.74, 6) is -0.252. The summed E-state index contributed by atoms with van der Waals surface area (Å²) in [7, 11) is 0. The molecule has 0 heterocycles. The van der Waals surface area contributed by atoms with E-state index in [4.69, 9.17) is 0 Å². The normalized spacial score (nSPS) is 12.1. The zero-order chi connectivity index (χ0) is 25.3. The fourth-order valence-corrected chi connectivity index (χ4v) is 4.60. The predicted octanol–water partition coefficient (Wildman–Crippen LogP) is 5.86. The van der Waals surface area contributed by atoms with Gasteiger partial charge < -0.3 is 10.2 Å². The van der Waals surface area contributed by atoms with E-state index in [1.807, 2.05) is 81.4 Å². The monoisotopic (exact) mass is 492 g/mol. The molecule has 1 atom stereocenters. The molecule has 1 N–H and O–H groups in total. The summed E-state index contributed by atoms with van der Waals surface area (Å²) in [5, 5.41) is 3.03. The number of thioether (sulfide) groups is 1. The van der Waals surface area contributed by atoms with Crippen LogP contribution in [0.15, 0.2) is 89.8 Å². The van der Waals surface area contributed by atoms with Gasteiger partial charge in [0.25, 0.3) is 0 Å². The number of hydrogen-bond donors (Lipinski definition) is 1. The highest BCUT2D eigenvalue weighted by Gasteiger charge is 2.32. The van der Waals surface area contributed by atoms with Crippen molar-refractivity contribution in [1.82, 2.24) is 10.2 Å². The van der Waals surface area contributed by atoms with Crippen LogP contribution in [0.5, 0.6) is 0 Å². The number of halogens is 1. The van der Waals surface area contributed by atoms with Gasteiger partial charge in [0.15, 0.2) is 0 Å². The van der Waals surface area contributed by atoms with E-state index in [9.17, 15) is 14.0 Å². The zero-order valence-electron chi connectivity index (χ0n) is 20.5. The van der Waals surface area contributed by atoms with Crippen LogP contribution in [-0.2, 0) is 22.6 Å². The summed E-state index contributed by atoms with van der Waals surface area (Å²) in [6.45, 7) is 5.74. The molecule has 3 rings (SSSR count). The Morgan fingerprint density at radius 3 is 2.14 bits per heavy atom. The van der Waals surface area contributed by atoms with E-state index >= 15 is 0 Å². The van der Waals surface area contributed by atoms with Gasteiger partial charge in [-0.1, -0.05) is 66.7 Å². The number of hydrogen-bond acceptors (Lipinski definition) is 3. The second-order valence-corrected chi connectivity index (χ2v) is 10.6. The molecule has 3 aromatic carbocycles. The van der Waals surface area contributed by atoms with Crippen molar-refractivity contribution >= 4 is 23.6 Å². The van der Waals surface area contributed by atoms with Crippen LogP contribution in [0.2, 0.25) is 0 Å². The number of carbonyl (C=O) groups is 2. The van der Waals surface area contributed by atoms with Crippen molar-refractivity contribution < 1.29 is 14.0 Å². The predicted molar refractivity (Wildman–Crippen MR) is 141 cm³/mol. The Bertz CT molecular complexity index is 1100. The maximum atomic E-state index is 14.6. The summed E-state index contributed by atoms with van der Waals surface area (Å²) in [4.78, 5) is 29.7. The Morgan fingerprint density at radius 2 is 1.51 bits per heavy atom. The molecule has 0 aliphatic rings. The number of carbonyl (C=O) groups excluding carboxylic acids is 2. The molecule has 2 amide bonds. The molecule has 4 nitrogen and oxygen atoms in total. The highest BCUT2D eigenvalue weighted by molar-refractivity contribution is 7.99. The Morgan fingerprint density at radius 1 is 0.914 bits per heavy atom. The van der Waals surface area contributed by atoms with Crippen LogP contribution in [0.4, 0.5) is 4.39 Å². The zero-order valence-corrected chi connectivity index (χ0v) is 21.4. The van der Waals surface area contributed by atoms with Gasteiger partial charge in [-0.25, -0.2) is 4.39 Å². The van der Waals surface area contributed by atoms with Crippen LogP contribution in [-0.4, -0.2) is 34.0 Å². The summed E-state index contributed by atoms with van der Waals surface area (Å²) in [5.41, 5.74) is 0.853. The lowest BCUT2D eigenvalue weighted by atomic mass is 10.0. The SMILES string of the molecule is CC(C)(C)NC(=O)C(Cc1ccccc1)N(Cc1ccccc1F)C(=O)CCSc1ccccc1. The molecule has 0 aliphatic carbocycles. The van der Waals surface area contributed by atoms with E-state index in [1.165, 1.54) is 11.0 Å². The molecule has 35 heavy (non-hydrogen) atoms. The number of benzene rings is 3. The number of nitrogens with zero attached hydrogens (tertiary/aromatic N) is 1. The van der Waals surface area contributed by atoms with E-state index in [0.29, 0.717) is 17.7 Å². The Balaban J connectivity index is 1.88. The first-order valence-corrected chi connectivity index (χ1v) is 12.8. The van der Waals surface area contributed by atoms with Gasteiger partial charge in [-0.15, -0.1) is 11.8 Å². The first-order chi connectivity index (χ1) is 16.7. The minimum Gasteiger partial charge on any atom is -0.350 e. The molecule has 0 aliphatic heterocycles. The lowest BCUT2D eigenvalue weighted by Crippen LogP contribution is -2.54. The molecule has 0 fully saturated rings. The van der Waals surface area contributed by atoms with E-state index in [1.54, 1.807) is 30.0 Å². The molecular weight excluding hydrogens is 459 g/mol. The molecule has 184 valence electrons. The Labute approximate surface area is 211 Å². The third-order valence-electron chi connectivity index (χ3n) is 5.40. The summed E-state index contributed by atoms with van der Waals surface area (Å²) >= 11 is 1.59. The van der Waals surface area contributed by atoms with Crippen molar-refractivity contribution in [2.45, 2.75) is 56.6 Å². The van der Waals surface area contributed by atoms with Gasteiger partial charge in [-0.2, -0.15) is 0 Å². The van der Waals surface area contributed by atoms with Gasteiger partial charge in [0.05, 0.1) is 0 Å². The first kappa shape index (κ1) is 26.5. The van der Waals surface area contributed by atoms with Crippen LogP contribution in [0.3, 0.4) is 0 Å². The van der Waals surface area contributed by atoms with Crippen molar-refractivity contribution in [1.29, 1.82) is 0 Å². The Kier molecular flexibility index (Phi) is 9.49. The fraction of sp³-hybridized carbons (Fsp3) is 0.310. The first-order valence-electron chi connectivity index (χ1n) is 11.8. The maximum absolute atomic E-state index is 14.6. The molecule has 3 aromatic rings. The van der Waals surface area contributed by atoms with E-state index < -0.39 is 17.4 Å². The second-order valence-electron chi connectivity index (χ2n) is 9.47. The lowest BCUT2D eigenvalue weighted by Gasteiger charge is -2.34. The summed E-state index contributed by atoms with van der Waals surface area (Å²) in [6, 6.07) is 25.1. The molecule has 0 saturated carbocycles. The third-order valence-corrected chi connectivity index (χ3v) is 6.41. The topological polar surface area (TPSA) is 49.4 Å². The van der Waals surface area contributed by atoms with Crippen LogP contribution < -0.4 is 5.32 Å². The summed E-state index contributed by atoms with van der Waals surface area (Å²) in [6.07, 6.45) is 0.580. The number of rotatable bonds is 10. The molecule has 0 aromatic heterocycles. The van der Waals surface area contributed by atoms with Crippen LogP contribution in [0, 0.1) is 5.82 Å². The van der Waals surface area contributed by atoms with Crippen molar-refractivity contribution in [3.8, 4) is 0 Å². The summed E-state index contributed by atoms with van der Waals surface area (Å²) < 4.78 is 14.6. The van der Waals surface area contributed by atoms with Gasteiger partial charge >= 0.3 is 0 Å². The number of amides is 2. The van der Waals surface area contributed by atoms with Gasteiger partial charge in [0.2, 0.25) is 11.8 Å². The van der Waals surface area contributed by atoms with Crippen molar-refractivity contribution in [2.24, 2.45) is 0 Å². The van der Waals surface area contributed by atoms with Crippen molar-refractivity contribution in [2.75, 3.05) is 5.75 Å². The Hall–Kier alpha value is -3.12. The molecule has 1 unspecified atom stereocenters. The van der Waals surface area contributed by atoms with Crippen LogP contribution >= 0.6 is 11.8 Å². The smallest absolute Gasteiger partial charge is 0.243 e. The lowest BCUT2D eigenvalue weighted by molar-refractivity contribution is -0.141. The van der Waals surface area contributed by atoms with Gasteiger partial charge in [0, 0.05) is 41.1 Å². The highest BCUT2D eigenvalue weighted by Crippen LogP contribution is 2.21. The largest absolute Gasteiger partial charge is 0.350 e. The van der Waals surface area contributed by atoms with Gasteiger partial charge in [-0.3, -0.25) is 9.59 Å². The van der Waals surface area contributed by atoms with Gasteiger partial charge in [0.1, 0.15) is 11.9 Å². The highest BCUT2D eigenvalue weighted by atomic mass is 32.2. The van der Waals surface area contributed by atoms with E-state index in [0.717, 1.165) is 10.5 Å². The van der Waals surface area contributed by atoms with E-state index in [-0.39, 0.29) is 24.8 Å². The van der Waals surface area contributed by atoms with Crippen LogP contribution in [0.25, 0.3) is 0 Å². The standard InChI is InChI=1S/C29H33FN2O2S/c1-29(2,3)31-28(34)26(20-22-12-6-4-7-13-22)32(21-23-14-10-11-17-25(23)30)27(33)18-19-35-24-15-8-5-9-16-24/h4-17,26H,18-21H2,1-3H3,(H,31,34). The average molecular weight is 493 g/mol. The number of nitrogens with one attached hydrogen (secondary N) is 1. The van der Waals surface area contributed by atoms with Crippen molar-refractivity contribution in [3.05, 3.63) is 102 Å². The fourth-order valence-electron chi connectivity index (χ4n) is 3.73. The van der Waals surface area contributed by atoms with Crippen LogP contribution in [0.1, 0.15) is 38.3 Å². The minimum absolute atomic E-state index is 0.0244. The molecule has 0 radical (unpaired) electrons.